The van der Waals surface area contributed by atoms with Crippen LogP contribution in [0.1, 0.15) is 43.4 Å². The number of nitrogens with zero attached hydrogens (tertiary/aromatic N) is 2. The molecule has 0 spiro atoms. The quantitative estimate of drug-likeness (QED) is 0.299. The van der Waals surface area contributed by atoms with Crippen molar-refractivity contribution < 1.29 is 22.7 Å². The van der Waals surface area contributed by atoms with Crippen molar-refractivity contribution in [3.63, 3.8) is 0 Å². The van der Waals surface area contributed by atoms with E-state index in [1.807, 2.05) is 39.0 Å². The van der Waals surface area contributed by atoms with Crippen LogP contribution in [0.5, 0.6) is 5.75 Å². The molecule has 1 atom stereocenters. The van der Waals surface area contributed by atoms with Gasteiger partial charge in [-0.2, -0.15) is 0 Å². The molecule has 9 heteroatoms. The lowest BCUT2D eigenvalue weighted by Crippen LogP contribution is -2.51. The van der Waals surface area contributed by atoms with Gasteiger partial charge in [0.05, 0.1) is 17.7 Å². The average molecular weight is 566 g/mol. The van der Waals surface area contributed by atoms with E-state index >= 15 is 0 Å². The summed E-state index contributed by atoms with van der Waals surface area (Å²) in [4.78, 5) is 28.6. The maximum atomic E-state index is 14.0. The lowest BCUT2D eigenvalue weighted by Gasteiger charge is -2.32. The Morgan fingerprint density at radius 2 is 1.68 bits per heavy atom. The lowest BCUT2D eigenvalue weighted by molar-refractivity contribution is -0.139. The molecule has 0 aliphatic carbocycles. The summed E-state index contributed by atoms with van der Waals surface area (Å²) < 4.78 is 34.2. The molecule has 3 aromatic carbocycles. The van der Waals surface area contributed by atoms with Crippen molar-refractivity contribution in [1.82, 2.24) is 10.2 Å². The standard InChI is InChI=1S/C31H39N3O5S/c1-6-7-18-32-31(36)25(4)33(21-26-12-11-13-28(20-26)39-5)30(35)22-34(27-17-16-23(2)24(3)19-27)40(37,38)29-14-9-8-10-15-29/h8-17,19-20,25H,6-7,18,21-22H2,1-5H3,(H,32,36)/t25-/m0/s1. The highest BCUT2D eigenvalue weighted by Gasteiger charge is 2.32. The Bertz CT molecular complexity index is 1410. The largest absolute Gasteiger partial charge is 0.497 e. The van der Waals surface area contributed by atoms with Crippen molar-refractivity contribution in [2.24, 2.45) is 0 Å². The molecule has 8 nitrogen and oxygen atoms in total. The maximum absolute atomic E-state index is 14.0. The summed E-state index contributed by atoms with van der Waals surface area (Å²) in [6.45, 7) is 7.65. The second-order valence-electron chi connectivity index (χ2n) is 9.79. The number of sulfonamides is 1. The Labute approximate surface area is 238 Å². The highest BCUT2D eigenvalue weighted by molar-refractivity contribution is 7.92. The first-order chi connectivity index (χ1) is 19.1. The number of carbonyl (C=O) groups excluding carboxylic acids is 2. The molecule has 0 unspecified atom stereocenters. The summed E-state index contributed by atoms with van der Waals surface area (Å²) in [5.41, 5.74) is 3.03. The summed E-state index contributed by atoms with van der Waals surface area (Å²) in [6.07, 6.45) is 1.74. The number of hydrogen-bond donors (Lipinski definition) is 1. The molecule has 0 aliphatic rings. The molecule has 214 valence electrons. The smallest absolute Gasteiger partial charge is 0.264 e. The fourth-order valence-electron chi connectivity index (χ4n) is 4.22. The van der Waals surface area contributed by atoms with Gasteiger partial charge in [-0.1, -0.05) is 49.7 Å². The molecule has 2 amide bonds. The van der Waals surface area contributed by atoms with Gasteiger partial charge in [0.25, 0.3) is 10.0 Å². The van der Waals surface area contributed by atoms with E-state index in [2.05, 4.69) is 5.32 Å². The van der Waals surface area contributed by atoms with Crippen molar-refractivity contribution in [1.29, 1.82) is 0 Å². The third-order valence-corrected chi connectivity index (χ3v) is 8.66. The third kappa shape index (κ3) is 7.63. The van der Waals surface area contributed by atoms with Crippen molar-refractivity contribution in [3.05, 3.63) is 89.5 Å². The number of aryl methyl sites for hydroxylation is 2. The monoisotopic (exact) mass is 565 g/mol. The molecule has 0 heterocycles. The number of amides is 2. The molecule has 40 heavy (non-hydrogen) atoms. The van der Waals surface area contributed by atoms with E-state index in [9.17, 15) is 18.0 Å². The van der Waals surface area contributed by atoms with Crippen molar-refractivity contribution in [2.45, 2.75) is 58.0 Å². The number of rotatable bonds is 13. The molecule has 0 radical (unpaired) electrons. The van der Waals surface area contributed by atoms with Gasteiger partial charge in [-0.3, -0.25) is 13.9 Å². The van der Waals surface area contributed by atoms with Gasteiger partial charge in [0, 0.05) is 13.1 Å². The summed E-state index contributed by atoms with van der Waals surface area (Å²) >= 11 is 0. The summed E-state index contributed by atoms with van der Waals surface area (Å²) in [7, 11) is -2.54. The van der Waals surface area contributed by atoms with Gasteiger partial charge in [0.15, 0.2) is 0 Å². The van der Waals surface area contributed by atoms with Gasteiger partial charge in [0.2, 0.25) is 11.8 Å². The number of anilines is 1. The second-order valence-corrected chi connectivity index (χ2v) is 11.6. The number of ether oxygens (including phenoxy) is 1. The molecule has 0 fully saturated rings. The van der Waals surface area contributed by atoms with Gasteiger partial charge in [0.1, 0.15) is 18.3 Å². The Balaban J connectivity index is 2.02. The Hall–Kier alpha value is -3.85. The van der Waals surface area contributed by atoms with Crippen molar-refractivity contribution in [2.75, 3.05) is 24.5 Å². The summed E-state index contributed by atoms with van der Waals surface area (Å²) in [5, 5.41) is 2.89. The van der Waals surface area contributed by atoms with Crippen LogP contribution in [0.3, 0.4) is 0 Å². The van der Waals surface area contributed by atoms with Gasteiger partial charge >= 0.3 is 0 Å². The minimum Gasteiger partial charge on any atom is -0.497 e. The fourth-order valence-corrected chi connectivity index (χ4v) is 5.64. The van der Waals surface area contributed by atoms with E-state index in [0.29, 0.717) is 18.0 Å². The van der Waals surface area contributed by atoms with Crippen molar-refractivity contribution >= 4 is 27.5 Å². The zero-order valence-electron chi connectivity index (χ0n) is 23.9. The van der Waals surface area contributed by atoms with Crippen LogP contribution < -0.4 is 14.4 Å². The number of methoxy groups -OCH3 is 1. The molecular formula is C31H39N3O5S. The number of hydrogen-bond acceptors (Lipinski definition) is 5. The van der Waals surface area contributed by atoms with E-state index in [-0.39, 0.29) is 17.3 Å². The van der Waals surface area contributed by atoms with Crippen LogP contribution in [0.25, 0.3) is 0 Å². The Morgan fingerprint density at radius 1 is 0.950 bits per heavy atom. The van der Waals surface area contributed by atoms with E-state index in [1.165, 1.54) is 17.0 Å². The van der Waals surface area contributed by atoms with Crippen LogP contribution in [0.4, 0.5) is 5.69 Å². The number of benzene rings is 3. The molecular weight excluding hydrogens is 526 g/mol. The minimum atomic E-state index is -4.09. The Morgan fingerprint density at radius 3 is 2.33 bits per heavy atom. The molecule has 0 saturated carbocycles. The molecule has 0 aromatic heterocycles. The van der Waals surface area contributed by atoms with E-state index in [1.54, 1.807) is 56.5 Å². The van der Waals surface area contributed by atoms with Crippen LogP contribution in [0.15, 0.2) is 77.7 Å². The first kappa shape index (κ1) is 30.7. The van der Waals surface area contributed by atoms with Crippen LogP contribution >= 0.6 is 0 Å². The van der Waals surface area contributed by atoms with Gasteiger partial charge in [-0.05, 0) is 80.3 Å². The normalized spacial score (nSPS) is 11.9. The molecule has 1 N–H and O–H groups in total. The zero-order valence-corrected chi connectivity index (χ0v) is 24.7. The second kappa shape index (κ2) is 14.0. The number of carbonyl (C=O) groups is 2. The first-order valence-corrected chi connectivity index (χ1v) is 14.9. The molecule has 3 rings (SSSR count). The van der Waals surface area contributed by atoms with Crippen LogP contribution in [0, 0.1) is 13.8 Å². The molecule has 0 bridgehead atoms. The van der Waals surface area contributed by atoms with E-state index in [0.717, 1.165) is 33.8 Å². The number of unbranched alkanes of at least 4 members (excludes halogenated alkanes) is 1. The van der Waals surface area contributed by atoms with Crippen LogP contribution in [0.2, 0.25) is 0 Å². The lowest BCUT2D eigenvalue weighted by atomic mass is 10.1. The predicted molar refractivity (Wildman–Crippen MR) is 158 cm³/mol. The molecule has 0 saturated heterocycles. The topological polar surface area (TPSA) is 96.0 Å². The van der Waals surface area contributed by atoms with Gasteiger partial charge < -0.3 is 15.0 Å². The van der Waals surface area contributed by atoms with Gasteiger partial charge in [-0.25, -0.2) is 8.42 Å². The number of nitrogens with one attached hydrogen (secondary N) is 1. The van der Waals surface area contributed by atoms with Crippen LogP contribution in [-0.2, 0) is 26.2 Å². The summed E-state index contributed by atoms with van der Waals surface area (Å²) in [6, 6.07) is 19.7. The van der Waals surface area contributed by atoms with Crippen LogP contribution in [-0.4, -0.2) is 51.4 Å². The minimum absolute atomic E-state index is 0.0748. The fraction of sp³-hybridized carbons (Fsp3) is 0.355. The van der Waals surface area contributed by atoms with E-state index in [4.69, 9.17) is 4.74 Å². The SMILES string of the molecule is CCCCNC(=O)[C@H](C)N(Cc1cccc(OC)c1)C(=O)CN(c1ccc(C)c(C)c1)S(=O)(=O)c1ccccc1. The third-order valence-electron chi connectivity index (χ3n) is 6.87. The average Bonchev–Trinajstić information content (AvgIpc) is 2.96. The highest BCUT2D eigenvalue weighted by atomic mass is 32.2. The zero-order chi connectivity index (χ0) is 29.3. The Kier molecular flexibility index (Phi) is 10.7. The first-order valence-electron chi connectivity index (χ1n) is 13.4. The predicted octanol–water partition coefficient (Wildman–Crippen LogP) is 4.84. The molecule has 0 aliphatic heterocycles. The van der Waals surface area contributed by atoms with E-state index < -0.39 is 28.5 Å². The van der Waals surface area contributed by atoms with Gasteiger partial charge in [-0.15, -0.1) is 0 Å². The summed E-state index contributed by atoms with van der Waals surface area (Å²) in [5.74, 6) is -0.180. The van der Waals surface area contributed by atoms with Crippen molar-refractivity contribution in [3.8, 4) is 5.75 Å². The molecule has 3 aromatic rings. The highest BCUT2D eigenvalue weighted by Crippen LogP contribution is 2.26. The maximum Gasteiger partial charge on any atom is 0.264 e.